The zero-order chi connectivity index (χ0) is 25.2. The highest BCUT2D eigenvalue weighted by atomic mass is 16.5. The normalized spacial score (nSPS) is 17.0. The Hall–Kier alpha value is -4.14. The van der Waals surface area contributed by atoms with Crippen LogP contribution in [0.1, 0.15) is 46.0 Å². The van der Waals surface area contributed by atoms with E-state index in [0.29, 0.717) is 18.8 Å². The van der Waals surface area contributed by atoms with Gasteiger partial charge in [0.1, 0.15) is 17.0 Å². The summed E-state index contributed by atoms with van der Waals surface area (Å²) in [6, 6.07) is 14.8. The Kier molecular flexibility index (Phi) is 6.59. The second kappa shape index (κ2) is 9.61. The third kappa shape index (κ3) is 4.62. The average Bonchev–Trinajstić information content (AvgIpc) is 3.28. The van der Waals surface area contributed by atoms with Crippen LogP contribution in [0, 0.1) is 6.92 Å². The van der Waals surface area contributed by atoms with Crippen molar-refractivity contribution in [1.82, 2.24) is 19.8 Å². The van der Waals surface area contributed by atoms with E-state index in [2.05, 4.69) is 15.6 Å². The number of nitrogens with zero attached hydrogens (tertiary/aromatic N) is 3. The summed E-state index contributed by atoms with van der Waals surface area (Å²) >= 11 is 0. The van der Waals surface area contributed by atoms with Gasteiger partial charge in [0.15, 0.2) is 5.69 Å². The summed E-state index contributed by atoms with van der Waals surface area (Å²) in [4.78, 5) is 45.4. The van der Waals surface area contributed by atoms with Gasteiger partial charge in [-0.25, -0.2) is 4.98 Å². The molecule has 1 unspecified atom stereocenters. The first-order valence-electron chi connectivity index (χ1n) is 11.4. The van der Waals surface area contributed by atoms with Crippen molar-refractivity contribution in [2.45, 2.75) is 39.4 Å². The Balaban J connectivity index is 1.54. The minimum Gasteiger partial charge on any atom is -0.497 e. The fraction of sp³-hybridized carbons (Fsp3) is 0.308. The molecule has 0 saturated carbocycles. The van der Waals surface area contributed by atoms with Gasteiger partial charge in [-0.3, -0.25) is 14.4 Å². The number of carbonyl (C=O) groups is 3. The Morgan fingerprint density at radius 1 is 1.11 bits per heavy atom. The molecule has 1 aliphatic rings. The van der Waals surface area contributed by atoms with Crippen LogP contribution in [-0.4, -0.2) is 51.4 Å². The molecule has 2 heterocycles. The molecule has 0 saturated heterocycles. The maximum Gasteiger partial charge on any atom is 0.276 e. The molecule has 35 heavy (non-hydrogen) atoms. The van der Waals surface area contributed by atoms with E-state index in [-0.39, 0.29) is 23.8 Å². The van der Waals surface area contributed by atoms with E-state index in [1.165, 1.54) is 11.2 Å². The molecule has 182 valence electrons. The average molecular weight is 476 g/mol. The summed E-state index contributed by atoms with van der Waals surface area (Å²) in [5.41, 5.74) is 1.66. The molecule has 0 spiro atoms. The molecule has 3 amide bonds. The van der Waals surface area contributed by atoms with Gasteiger partial charge in [-0.15, -0.1) is 0 Å². The van der Waals surface area contributed by atoms with Crippen molar-refractivity contribution >= 4 is 23.4 Å². The summed E-state index contributed by atoms with van der Waals surface area (Å²) in [5, 5.41) is 5.73. The number of anilines is 1. The van der Waals surface area contributed by atoms with Crippen LogP contribution >= 0.6 is 0 Å². The van der Waals surface area contributed by atoms with Crippen molar-refractivity contribution in [1.29, 1.82) is 0 Å². The van der Waals surface area contributed by atoms with Gasteiger partial charge >= 0.3 is 0 Å². The van der Waals surface area contributed by atoms with E-state index >= 15 is 0 Å². The monoisotopic (exact) mass is 475 g/mol. The maximum absolute atomic E-state index is 13.5. The number of ether oxygens (including phenoxy) is 1. The van der Waals surface area contributed by atoms with Crippen LogP contribution < -0.4 is 15.4 Å². The molecule has 0 radical (unpaired) electrons. The van der Waals surface area contributed by atoms with Crippen LogP contribution in [0.4, 0.5) is 5.69 Å². The number of hydrogen-bond acceptors (Lipinski definition) is 5. The molecule has 1 atom stereocenters. The van der Waals surface area contributed by atoms with E-state index in [4.69, 9.17) is 4.74 Å². The fourth-order valence-corrected chi connectivity index (χ4v) is 4.29. The van der Waals surface area contributed by atoms with Gasteiger partial charge < -0.3 is 24.8 Å². The molecule has 1 aromatic heterocycles. The number of hydrogen-bond donors (Lipinski definition) is 2. The lowest BCUT2D eigenvalue weighted by molar-refractivity contribution is -0.132. The van der Waals surface area contributed by atoms with Crippen molar-refractivity contribution in [3.05, 3.63) is 77.4 Å². The smallest absolute Gasteiger partial charge is 0.276 e. The van der Waals surface area contributed by atoms with Crippen LogP contribution in [-0.2, 0) is 17.9 Å². The van der Waals surface area contributed by atoms with Crippen LogP contribution in [0.2, 0.25) is 0 Å². The van der Waals surface area contributed by atoms with E-state index < -0.39 is 17.4 Å². The number of imidazole rings is 1. The molecule has 0 aliphatic carbocycles. The zero-order valence-electron chi connectivity index (χ0n) is 20.3. The Labute approximate surface area is 204 Å². The number of nitrogens with one attached hydrogen (secondary N) is 2. The van der Waals surface area contributed by atoms with Crippen molar-refractivity contribution in [2.24, 2.45) is 0 Å². The number of aromatic nitrogens is 2. The highest BCUT2D eigenvalue weighted by Crippen LogP contribution is 2.29. The van der Waals surface area contributed by atoms with Gasteiger partial charge in [0.25, 0.3) is 11.8 Å². The quantitative estimate of drug-likeness (QED) is 0.547. The molecule has 9 nitrogen and oxygen atoms in total. The van der Waals surface area contributed by atoms with Gasteiger partial charge in [0, 0.05) is 18.8 Å². The van der Waals surface area contributed by atoms with Gasteiger partial charge in [-0.1, -0.05) is 29.8 Å². The second-order valence-electron chi connectivity index (χ2n) is 8.74. The second-order valence-corrected chi connectivity index (χ2v) is 8.74. The zero-order valence-corrected chi connectivity index (χ0v) is 20.3. The highest BCUT2D eigenvalue weighted by molar-refractivity contribution is 6.11. The standard InChI is InChI=1S/C26H29N5O4/c1-5-31-24(33)22-21(23(32)29-19-10-6-17(2)7-11-19)28-16-30(22)15-26(31,3)25(34)27-14-18-8-12-20(35-4)13-9-18/h6-13,16H,5,14-15H2,1-4H3,(H,27,34)(H,29,32). The summed E-state index contributed by atoms with van der Waals surface area (Å²) in [6.45, 7) is 6.29. The fourth-order valence-electron chi connectivity index (χ4n) is 4.29. The molecule has 2 N–H and O–H groups in total. The summed E-state index contributed by atoms with van der Waals surface area (Å²) in [6.07, 6.45) is 1.44. The Bertz CT molecular complexity index is 1250. The van der Waals surface area contributed by atoms with Crippen molar-refractivity contribution < 1.29 is 19.1 Å². The van der Waals surface area contributed by atoms with Crippen LogP contribution in [0.5, 0.6) is 5.75 Å². The third-order valence-electron chi connectivity index (χ3n) is 6.30. The first kappa shape index (κ1) is 24.0. The van der Waals surface area contributed by atoms with Crippen LogP contribution in [0.3, 0.4) is 0 Å². The lowest BCUT2D eigenvalue weighted by Crippen LogP contribution is -2.63. The van der Waals surface area contributed by atoms with Gasteiger partial charge in [0.05, 0.1) is 20.0 Å². The number of aryl methyl sites for hydroxylation is 1. The van der Waals surface area contributed by atoms with E-state index in [1.807, 2.05) is 50.2 Å². The van der Waals surface area contributed by atoms with Crippen molar-refractivity contribution in [3.63, 3.8) is 0 Å². The Morgan fingerprint density at radius 3 is 2.43 bits per heavy atom. The molecule has 3 aromatic rings. The van der Waals surface area contributed by atoms with E-state index in [1.54, 1.807) is 30.7 Å². The topological polar surface area (TPSA) is 106 Å². The molecule has 2 aromatic carbocycles. The largest absolute Gasteiger partial charge is 0.497 e. The molecule has 0 bridgehead atoms. The lowest BCUT2D eigenvalue weighted by atomic mass is 9.94. The molecule has 0 fully saturated rings. The number of amides is 3. The first-order valence-corrected chi connectivity index (χ1v) is 11.4. The molecule has 4 rings (SSSR count). The minimum atomic E-state index is -1.14. The van der Waals surface area contributed by atoms with Gasteiger partial charge in [-0.05, 0) is 50.6 Å². The first-order chi connectivity index (χ1) is 16.8. The number of fused-ring (bicyclic) bond motifs is 1. The molecular weight excluding hydrogens is 446 g/mol. The maximum atomic E-state index is 13.5. The lowest BCUT2D eigenvalue weighted by Gasteiger charge is -2.43. The number of rotatable bonds is 7. The number of methoxy groups -OCH3 is 1. The Morgan fingerprint density at radius 2 is 1.80 bits per heavy atom. The minimum absolute atomic E-state index is 0.0368. The van der Waals surface area contributed by atoms with Crippen molar-refractivity contribution in [3.8, 4) is 5.75 Å². The predicted molar refractivity (Wildman–Crippen MR) is 131 cm³/mol. The molecule has 1 aliphatic heterocycles. The van der Waals surface area contributed by atoms with Crippen LogP contribution in [0.25, 0.3) is 0 Å². The molecular formula is C26H29N5O4. The number of carbonyl (C=O) groups excluding carboxylic acids is 3. The molecule has 9 heteroatoms. The predicted octanol–water partition coefficient (Wildman–Crippen LogP) is 3.00. The summed E-state index contributed by atoms with van der Waals surface area (Å²) in [7, 11) is 1.60. The highest BCUT2D eigenvalue weighted by Gasteiger charge is 2.48. The van der Waals surface area contributed by atoms with Crippen molar-refractivity contribution in [2.75, 3.05) is 19.0 Å². The number of likely N-dealkylation sites (N-methyl/N-ethyl adjacent to an activating group) is 1. The third-order valence-corrected chi connectivity index (χ3v) is 6.30. The summed E-state index contributed by atoms with van der Waals surface area (Å²) < 4.78 is 6.76. The van der Waals surface area contributed by atoms with E-state index in [0.717, 1.165) is 16.9 Å². The van der Waals surface area contributed by atoms with Gasteiger partial charge in [0.2, 0.25) is 5.91 Å². The summed E-state index contributed by atoms with van der Waals surface area (Å²) in [5.74, 6) is -0.433. The van der Waals surface area contributed by atoms with E-state index in [9.17, 15) is 14.4 Å². The van der Waals surface area contributed by atoms with Crippen LogP contribution in [0.15, 0.2) is 54.9 Å². The number of benzene rings is 2. The van der Waals surface area contributed by atoms with Gasteiger partial charge in [-0.2, -0.15) is 0 Å². The SMILES string of the molecule is CCN1C(=O)c2c(C(=O)Nc3ccc(C)cc3)ncn2CC1(C)C(=O)NCc1ccc(OC)cc1.